The molecule has 0 amide bonds. The lowest BCUT2D eigenvalue weighted by molar-refractivity contribution is 0.0692. The van der Waals surface area contributed by atoms with Gasteiger partial charge in [0, 0.05) is 29.2 Å². The number of nitrogens with zero attached hydrogens (tertiary/aromatic N) is 2. The highest BCUT2D eigenvalue weighted by molar-refractivity contribution is 7.99. The van der Waals surface area contributed by atoms with Gasteiger partial charge in [-0.15, -0.1) is 0 Å². The minimum Gasteiger partial charge on any atom is -0.478 e. The van der Waals surface area contributed by atoms with E-state index in [-0.39, 0.29) is 5.56 Å². The minimum atomic E-state index is -0.985. The summed E-state index contributed by atoms with van der Waals surface area (Å²) in [6.07, 6.45) is 4.68. The molecule has 5 nitrogen and oxygen atoms in total. The molecular formula is C10H9N3O2S. The third kappa shape index (κ3) is 2.22. The molecule has 0 unspecified atom stereocenters. The van der Waals surface area contributed by atoms with Gasteiger partial charge >= 0.3 is 5.97 Å². The van der Waals surface area contributed by atoms with Crippen LogP contribution < -0.4 is 0 Å². The van der Waals surface area contributed by atoms with Gasteiger partial charge in [-0.2, -0.15) is 0 Å². The average molecular weight is 235 g/mol. The molecule has 0 atom stereocenters. The molecule has 0 spiro atoms. The first-order chi connectivity index (χ1) is 7.66. The van der Waals surface area contributed by atoms with Crippen molar-refractivity contribution in [1.29, 1.82) is 0 Å². The molecule has 6 heteroatoms. The van der Waals surface area contributed by atoms with E-state index in [0.29, 0.717) is 10.1 Å². The predicted octanol–water partition coefficient (Wildman–Crippen LogP) is 1.96. The van der Waals surface area contributed by atoms with Crippen LogP contribution >= 0.6 is 11.8 Å². The maximum Gasteiger partial charge on any atom is 0.338 e. The molecule has 16 heavy (non-hydrogen) atoms. The molecule has 0 saturated carbocycles. The third-order valence-corrected chi connectivity index (χ3v) is 2.89. The lowest BCUT2D eigenvalue weighted by Gasteiger charge is -2.04. The Kier molecular flexibility index (Phi) is 2.91. The summed E-state index contributed by atoms with van der Waals surface area (Å²) in [6.45, 7) is 1.82. The second-order valence-electron chi connectivity index (χ2n) is 3.12. The maximum absolute atomic E-state index is 11.0. The van der Waals surface area contributed by atoms with Gasteiger partial charge in [-0.1, -0.05) is 11.8 Å². The van der Waals surface area contributed by atoms with Crippen molar-refractivity contribution in [1.82, 2.24) is 15.0 Å². The molecule has 0 saturated heterocycles. The fourth-order valence-electron chi connectivity index (χ4n) is 1.19. The van der Waals surface area contributed by atoms with Gasteiger partial charge in [-0.05, 0) is 13.0 Å². The number of pyridine rings is 1. The first kappa shape index (κ1) is 10.7. The van der Waals surface area contributed by atoms with Crippen molar-refractivity contribution in [2.45, 2.75) is 17.0 Å². The van der Waals surface area contributed by atoms with E-state index in [1.807, 2.05) is 6.92 Å². The van der Waals surface area contributed by atoms with Gasteiger partial charge < -0.3 is 10.1 Å². The van der Waals surface area contributed by atoms with E-state index in [2.05, 4.69) is 15.0 Å². The molecular weight excluding hydrogens is 226 g/mol. The summed E-state index contributed by atoms with van der Waals surface area (Å²) in [5.74, 6) is -0.985. The van der Waals surface area contributed by atoms with Crippen molar-refractivity contribution in [2.24, 2.45) is 0 Å². The summed E-state index contributed by atoms with van der Waals surface area (Å²) in [6, 6.07) is 1.73. The van der Waals surface area contributed by atoms with Crippen LogP contribution in [0.25, 0.3) is 0 Å². The molecule has 0 radical (unpaired) electrons. The number of carboxylic acid groups (broad SMARTS) is 1. The van der Waals surface area contributed by atoms with Crippen LogP contribution in [-0.2, 0) is 0 Å². The normalized spacial score (nSPS) is 10.3. The molecule has 0 fully saturated rings. The monoisotopic (exact) mass is 235 g/mol. The predicted molar refractivity (Wildman–Crippen MR) is 58.6 cm³/mol. The van der Waals surface area contributed by atoms with Crippen LogP contribution in [0.15, 0.2) is 34.7 Å². The van der Waals surface area contributed by atoms with E-state index < -0.39 is 5.97 Å². The number of imidazole rings is 1. The number of aromatic carboxylic acids is 1. The Morgan fingerprint density at radius 1 is 1.50 bits per heavy atom. The van der Waals surface area contributed by atoms with E-state index in [1.165, 1.54) is 18.0 Å². The number of carbonyl (C=O) groups is 1. The Morgan fingerprint density at radius 3 is 2.94 bits per heavy atom. The van der Waals surface area contributed by atoms with Gasteiger partial charge in [0.2, 0.25) is 0 Å². The number of aryl methyl sites for hydroxylation is 1. The number of aromatic nitrogens is 3. The van der Waals surface area contributed by atoms with Crippen molar-refractivity contribution < 1.29 is 9.90 Å². The van der Waals surface area contributed by atoms with Gasteiger partial charge in [0.05, 0.1) is 5.56 Å². The summed E-state index contributed by atoms with van der Waals surface area (Å²) in [5.41, 5.74) is 0.964. The summed E-state index contributed by atoms with van der Waals surface area (Å²) in [4.78, 5) is 22.5. The van der Waals surface area contributed by atoms with Crippen molar-refractivity contribution in [3.63, 3.8) is 0 Å². The molecule has 0 aliphatic heterocycles. The van der Waals surface area contributed by atoms with Crippen LogP contribution in [-0.4, -0.2) is 26.0 Å². The number of hydrogen-bond donors (Lipinski definition) is 2. The standard InChI is InChI=1S/C10H9N3O2S/c1-6-4-8(7(5-13-6)9(14)15)16-10-11-2-3-12-10/h2-5H,1H3,(H,11,12)(H,14,15). The Labute approximate surface area is 95.9 Å². The lowest BCUT2D eigenvalue weighted by atomic mass is 10.2. The van der Waals surface area contributed by atoms with Crippen molar-refractivity contribution in [3.05, 3.63) is 35.9 Å². The maximum atomic E-state index is 11.0. The summed E-state index contributed by atoms with van der Waals surface area (Å²) in [7, 11) is 0. The van der Waals surface area contributed by atoms with Gasteiger partial charge in [0.1, 0.15) is 0 Å². The molecule has 2 aromatic heterocycles. The fraction of sp³-hybridized carbons (Fsp3) is 0.100. The van der Waals surface area contributed by atoms with Crippen LogP contribution in [0.4, 0.5) is 0 Å². The molecule has 82 valence electrons. The molecule has 2 heterocycles. The van der Waals surface area contributed by atoms with E-state index in [4.69, 9.17) is 5.11 Å². The number of aromatic amines is 1. The van der Waals surface area contributed by atoms with Gasteiger partial charge in [0.15, 0.2) is 5.16 Å². The smallest absolute Gasteiger partial charge is 0.338 e. The first-order valence-corrected chi connectivity index (χ1v) is 5.35. The summed E-state index contributed by atoms with van der Waals surface area (Å²) < 4.78 is 0. The van der Waals surface area contributed by atoms with Gasteiger partial charge in [-0.3, -0.25) is 4.98 Å². The Morgan fingerprint density at radius 2 is 2.31 bits per heavy atom. The molecule has 2 rings (SSSR count). The Hall–Kier alpha value is -1.82. The number of H-pyrrole nitrogens is 1. The Balaban J connectivity index is 2.38. The molecule has 0 aliphatic carbocycles. The number of nitrogens with one attached hydrogen (secondary N) is 1. The second kappa shape index (κ2) is 4.36. The minimum absolute atomic E-state index is 0.187. The van der Waals surface area contributed by atoms with Crippen LogP contribution in [0.5, 0.6) is 0 Å². The zero-order valence-corrected chi connectivity index (χ0v) is 9.28. The zero-order chi connectivity index (χ0) is 11.5. The van der Waals surface area contributed by atoms with E-state index >= 15 is 0 Å². The fourth-order valence-corrected chi connectivity index (χ4v) is 2.12. The molecule has 2 N–H and O–H groups in total. The quantitative estimate of drug-likeness (QED) is 0.850. The topological polar surface area (TPSA) is 78.9 Å². The summed E-state index contributed by atoms with van der Waals surface area (Å²) in [5, 5.41) is 9.66. The largest absolute Gasteiger partial charge is 0.478 e. The average Bonchev–Trinajstić information content (AvgIpc) is 2.70. The van der Waals surface area contributed by atoms with Gasteiger partial charge in [0.25, 0.3) is 0 Å². The number of hydrogen-bond acceptors (Lipinski definition) is 4. The SMILES string of the molecule is Cc1cc(Sc2ncc[nH]2)c(C(=O)O)cn1. The van der Waals surface area contributed by atoms with Crippen LogP contribution in [0.2, 0.25) is 0 Å². The van der Waals surface area contributed by atoms with Crippen LogP contribution in [0.3, 0.4) is 0 Å². The molecule has 0 aliphatic rings. The highest BCUT2D eigenvalue weighted by atomic mass is 32.2. The van der Waals surface area contributed by atoms with E-state index in [9.17, 15) is 4.79 Å². The van der Waals surface area contributed by atoms with E-state index in [0.717, 1.165) is 5.69 Å². The molecule has 2 aromatic rings. The van der Waals surface area contributed by atoms with Crippen molar-refractivity contribution in [2.75, 3.05) is 0 Å². The second-order valence-corrected chi connectivity index (χ2v) is 4.15. The van der Waals surface area contributed by atoms with Crippen LogP contribution in [0.1, 0.15) is 16.1 Å². The Bertz CT molecular complexity index is 511. The van der Waals surface area contributed by atoms with Crippen molar-refractivity contribution >= 4 is 17.7 Å². The third-order valence-electron chi connectivity index (χ3n) is 1.91. The molecule has 0 bridgehead atoms. The van der Waals surface area contributed by atoms with E-state index in [1.54, 1.807) is 18.5 Å². The number of rotatable bonds is 3. The van der Waals surface area contributed by atoms with Crippen molar-refractivity contribution in [3.8, 4) is 0 Å². The number of carboxylic acids is 1. The highest BCUT2D eigenvalue weighted by Gasteiger charge is 2.12. The summed E-state index contributed by atoms with van der Waals surface area (Å²) >= 11 is 1.28. The molecule has 0 aromatic carbocycles. The highest BCUT2D eigenvalue weighted by Crippen LogP contribution is 2.27. The zero-order valence-electron chi connectivity index (χ0n) is 8.47. The lowest BCUT2D eigenvalue weighted by Crippen LogP contribution is -2.00. The van der Waals surface area contributed by atoms with Gasteiger partial charge in [-0.25, -0.2) is 9.78 Å². The van der Waals surface area contributed by atoms with Crippen LogP contribution in [0, 0.1) is 6.92 Å². The first-order valence-electron chi connectivity index (χ1n) is 4.54.